The van der Waals surface area contributed by atoms with Gasteiger partial charge in [0.25, 0.3) is 0 Å². The van der Waals surface area contributed by atoms with Gasteiger partial charge in [-0.1, -0.05) is 20.8 Å². The van der Waals surface area contributed by atoms with Crippen molar-refractivity contribution in [3.8, 4) is 0 Å². The van der Waals surface area contributed by atoms with Crippen molar-refractivity contribution in [2.24, 2.45) is 5.41 Å². The summed E-state index contributed by atoms with van der Waals surface area (Å²) in [5.41, 5.74) is 0.0145. The van der Waals surface area contributed by atoms with Gasteiger partial charge in [0.1, 0.15) is 0 Å². The molecule has 0 atom stereocenters. The fraction of sp³-hybridized carbons (Fsp3) is 0.800. The zero-order valence-electron chi connectivity index (χ0n) is 9.46. The number of rotatable bonds is 5. The molecule has 0 aliphatic carbocycles. The first-order valence-electron chi connectivity index (χ1n) is 4.77. The summed E-state index contributed by atoms with van der Waals surface area (Å²) < 4.78 is 0. The molecule has 0 aromatic heterocycles. The molecule has 0 unspecified atom stereocenters. The number of carbonyl (C=O) groups excluding carboxylic acids is 2. The maximum absolute atomic E-state index is 11.3. The summed E-state index contributed by atoms with van der Waals surface area (Å²) in [6.45, 7) is 7.13. The minimum absolute atomic E-state index is 0.0145. The first-order chi connectivity index (χ1) is 6.35. The fourth-order valence-electron chi connectivity index (χ4n) is 0.969. The molecular formula is C10H20N2O2. The Kier molecular flexibility index (Phi) is 5.20. The predicted molar refractivity (Wildman–Crippen MR) is 55.8 cm³/mol. The van der Waals surface area contributed by atoms with Crippen LogP contribution in [0.5, 0.6) is 0 Å². The molecule has 0 aromatic carbocycles. The molecule has 4 nitrogen and oxygen atoms in total. The first-order valence-corrected chi connectivity index (χ1v) is 4.77. The summed E-state index contributed by atoms with van der Waals surface area (Å²) in [7, 11) is 1.68. The molecule has 4 heteroatoms. The molecule has 82 valence electrons. The number of hydrogen-bond acceptors (Lipinski definition) is 2. The van der Waals surface area contributed by atoms with Crippen molar-refractivity contribution in [2.75, 3.05) is 20.1 Å². The van der Waals surface area contributed by atoms with Gasteiger partial charge in [-0.15, -0.1) is 0 Å². The van der Waals surface area contributed by atoms with E-state index in [9.17, 15) is 9.59 Å². The van der Waals surface area contributed by atoms with E-state index in [2.05, 4.69) is 5.32 Å². The molecule has 0 aliphatic rings. The molecule has 0 rings (SSSR count). The molecule has 2 amide bonds. The molecule has 1 N–H and O–H groups in total. The molecule has 0 spiro atoms. The van der Waals surface area contributed by atoms with Gasteiger partial charge in [-0.05, 0) is 5.41 Å². The lowest BCUT2D eigenvalue weighted by atomic mass is 9.92. The molecule has 0 aromatic rings. The molecule has 14 heavy (non-hydrogen) atoms. The largest absolute Gasteiger partial charge is 0.354 e. The smallest absolute Gasteiger partial charge is 0.220 e. The maximum atomic E-state index is 11.3. The number of likely N-dealkylation sites (N-methyl/N-ethyl adjacent to an activating group) is 1. The molecule has 0 bridgehead atoms. The van der Waals surface area contributed by atoms with Crippen molar-refractivity contribution >= 4 is 12.3 Å². The van der Waals surface area contributed by atoms with Gasteiger partial charge in [0.2, 0.25) is 12.3 Å². The monoisotopic (exact) mass is 200 g/mol. The van der Waals surface area contributed by atoms with Crippen LogP contribution < -0.4 is 5.32 Å². The van der Waals surface area contributed by atoms with Crippen LogP contribution in [0.25, 0.3) is 0 Å². The summed E-state index contributed by atoms with van der Waals surface area (Å²) in [6.07, 6.45) is 1.26. The van der Waals surface area contributed by atoms with E-state index in [1.165, 1.54) is 4.90 Å². The second-order valence-electron chi connectivity index (χ2n) is 4.67. The summed E-state index contributed by atoms with van der Waals surface area (Å²) in [6, 6.07) is 0. The Labute approximate surface area is 85.7 Å². The SMILES string of the molecule is CN(C=O)CCNC(=O)CC(C)(C)C. The van der Waals surface area contributed by atoms with Gasteiger partial charge in [0.15, 0.2) is 0 Å². The van der Waals surface area contributed by atoms with Gasteiger partial charge in [-0.3, -0.25) is 9.59 Å². The molecule has 0 saturated carbocycles. The number of hydrogen-bond donors (Lipinski definition) is 1. The Balaban J connectivity index is 3.60. The Hall–Kier alpha value is -1.06. The quantitative estimate of drug-likeness (QED) is 0.662. The van der Waals surface area contributed by atoms with Crippen LogP contribution in [0.15, 0.2) is 0 Å². The van der Waals surface area contributed by atoms with E-state index in [1.807, 2.05) is 20.8 Å². The van der Waals surface area contributed by atoms with Crippen molar-refractivity contribution < 1.29 is 9.59 Å². The minimum atomic E-state index is 0.0145. The van der Waals surface area contributed by atoms with Gasteiger partial charge >= 0.3 is 0 Å². The lowest BCUT2D eigenvalue weighted by Gasteiger charge is -2.18. The van der Waals surface area contributed by atoms with E-state index < -0.39 is 0 Å². The fourth-order valence-corrected chi connectivity index (χ4v) is 0.969. The van der Waals surface area contributed by atoms with E-state index >= 15 is 0 Å². The van der Waals surface area contributed by atoms with E-state index in [0.29, 0.717) is 19.5 Å². The van der Waals surface area contributed by atoms with Crippen molar-refractivity contribution in [1.82, 2.24) is 10.2 Å². The number of carbonyl (C=O) groups is 2. The molecule has 0 saturated heterocycles. The summed E-state index contributed by atoms with van der Waals surface area (Å²) in [5.74, 6) is 0.0387. The average molecular weight is 200 g/mol. The highest BCUT2D eigenvalue weighted by atomic mass is 16.1. The van der Waals surface area contributed by atoms with Crippen LogP contribution in [0.4, 0.5) is 0 Å². The van der Waals surface area contributed by atoms with Crippen molar-refractivity contribution in [3.63, 3.8) is 0 Å². The Morgan fingerprint density at radius 3 is 2.43 bits per heavy atom. The minimum Gasteiger partial charge on any atom is -0.354 e. The molecule has 0 heterocycles. The standard InChI is InChI=1S/C10H20N2O2/c1-10(2,3)7-9(14)11-5-6-12(4)8-13/h8H,5-7H2,1-4H3,(H,11,14). The van der Waals surface area contributed by atoms with Crippen molar-refractivity contribution in [3.05, 3.63) is 0 Å². The van der Waals surface area contributed by atoms with Gasteiger partial charge < -0.3 is 10.2 Å². The number of amides is 2. The number of nitrogens with one attached hydrogen (secondary N) is 1. The van der Waals surface area contributed by atoms with E-state index in [1.54, 1.807) is 7.05 Å². The maximum Gasteiger partial charge on any atom is 0.220 e. The third-order valence-electron chi connectivity index (χ3n) is 1.66. The van der Waals surface area contributed by atoms with Crippen LogP contribution in [0.3, 0.4) is 0 Å². The van der Waals surface area contributed by atoms with Gasteiger partial charge in [-0.2, -0.15) is 0 Å². The van der Waals surface area contributed by atoms with E-state index in [4.69, 9.17) is 0 Å². The predicted octanol–water partition coefficient (Wildman–Crippen LogP) is 0.627. The van der Waals surface area contributed by atoms with Crippen LogP contribution in [0.1, 0.15) is 27.2 Å². The van der Waals surface area contributed by atoms with Crippen LogP contribution in [-0.4, -0.2) is 37.4 Å². The van der Waals surface area contributed by atoms with Crippen LogP contribution in [0, 0.1) is 5.41 Å². The van der Waals surface area contributed by atoms with Gasteiger partial charge in [0.05, 0.1) is 0 Å². The Bertz CT molecular complexity index is 197. The lowest BCUT2D eigenvalue weighted by molar-refractivity contribution is -0.123. The lowest BCUT2D eigenvalue weighted by Crippen LogP contribution is -2.34. The van der Waals surface area contributed by atoms with E-state index in [-0.39, 0.29) is 11.3 Å². The molecule has 0 fully saturated rings. The summed E-state index contributed by atoms with van der Waals surface area (Å²) in [4.78, 5) is 23.0. The zero-order valence-corrected chi connectivity index (χ0v) is 9.46. The molecular weight excluding hydrogens is 180 g/mol. The topological polar surface area (TPSA) is 49.4 Å². The summed E-state index contributed by atoms with van der Waals surface area (Å²) in [5, 5.41) is 2.76. The first kappa shape index (κ1) is 12.9. The number of nitrogens with zero attached hydrogens (tertiary/aromatic N) is 1. The highest BCUT2D eigenvalue weighted by Crippen LogP contribution is 2.17. The van der Waals surface area contributed by atoms with Crippen molar-refractivity contribution in [1.29, 1.82) is 0 Å². The van der Waals surface area contributed by atoms with Crippen LogP contribution in [-0.2, 0) is 9.59 Å². The highest BCUT2D eigenvalue weighted by molar-refractivity contribution is 5.76. The van der Waals surface area contributed by atoms with Gasteiger partial charge in [0, 0.05) is 26.6 Å². The van der Waals surface area contributed by atoms with Crippen LogP contribution >= 0.6 is 0 Å². The van der Waals surface area contributed by atoms with E-state index in [0.717, 1.165) is 6.41 Å². The third kappa shape index (κ3) is 7.58. The third-order valence-corrected chi connectivity index (χ3v) is 1.66. The molecule has 0 radical (unpaired) electrons. The second-order valence-corrected chi connectivity index (χ2v) is 4.67. The highest BCUT2D eigenvalue weighted by Gasteiger charge is 2.15. The van der Waals surface area contributed by atoms with Gasteiger partial charge in [-0.25, -0.2) is 0 Å². The second kappa shape index (κ2) is 5.62. The zero-order chi connectivity index (χ0) is 11.2. The normalized spacial score (nSPS) is 10.9. The summed E-state index contributed by atoms with van der Waals surface area (Å²) >= 11 is 0. The average Bonchev–Trinajstić information content (AvgIpc) is 2.00. The Morgan fingerprint density at radius 1 is 1.43 bits per heavy atom. The van der Waals surface area contributed by atoms with Crippen LogP contribution in [0.2, 0.25) is 0 Å². The Morgan fingerprint density at radius 2 is 2.00 bits per heavy atom. The molecule has 0 aliphatic heterocycles. The van der Waals surface area contributed by atoms with Crippen molar-refractivity contribution in [2.45, 2.75) is 27.2 Å².